The van der Waals surface area contributed by atoms with Gasteiger partial charge in [-0.15, -0.1) is 0 Å². The Morgan fingerprint density at radius 1 is 1.25 bits per heavy atom. The van der Waals surface area contributed by atoms with Crippen molar-refractivity contribution in [2.45, 2.75) is 18.9 Å². The molecule has 0 aliphatic carbocycles. The molecule has 1 aromatic carbocycles. The normalized spacial score (nSPS) is 17.3. The van der Waals surface area contributed by atoms with Crippen molar-refractivity contribution < 1.29 is 4.79 Å². The van der Waals surface area contributed by atoms with Crippen LogP contribution in [0, 0.1) is 0 Å². The van der Waals surface area contributed by atoms with Crippen molar-refractivity contribution in [3.8, 4) is 11.1 Å². The van der Waals surface area contributed by atoms with Crippen LogP contribution >= 0.6 is 0 Å². The van der Waals surface area contributed by atoms with Gasteiger partial charge in [-0.25, -0.2) is 4.98 Å². The highest BCUT2D eigenvalue weighted by Crippen LogP contribution is 2.25. The lowest BCUT2D eigenvalue weighted by molar-refractivity contribution is -0.117. The minimum absolute atomic E-state index is 0.0113. The van der Waals surface area contributed by atoms with Gasteiger partial charge in [-0.3, -0.25) is 9.48 Å². The third kappa shape index (κ3) is 2.88. The zero-order valence-electron chi connectivity index (χ0n) is 13.5. The average Bonchev–Trinajstić information content (AvgIpc) is 3.25. The van der Waals surface area contributed by atoms with E-state index in [4.69, 9.17) is 0 Å². The summed E-state index contributed by atoms with van der Waals surface area (Å²) in [6.45, 7) is 0.901. The molecule has 6 heteroatoms. The second-order valence-electron chi connectivity index (χ2n) is 6.17. The molecule has 1 saturated heterocycles. The third-order valence-corrected chi connectivity index (χ3v) is 4.39. The Hall–Kier alpha value is -2.73. The maximum atomic E-state index is 12.2. The van der Waals surface area contributed by atoms with Gasteiger partial charge < -0.3 is 10.6 Å². The molecule has 1 aliphatic rings. The lowest BCUT2D eigenvalue weighted by atomic mass is 10.1. The van der Waals surface area contributed by atoms with Gasteiger partial charge in [0.25, 0.3) is 0 Å². The molecule has 1 fully saturated rings. The Morgan fingerprint density at radius 2 is 2.17 bits per heavy atom. The maximum absolute atomic E-state index is 12.2. The standard InChI is InChI=1S/C18H19N5O/c1-23-11-15(10-21-23)12-4-5-13-9-20-17(8-14(13)7-12)22-18(24)16-3-2-6-19-16/h4-5,7-11,16,19H,2-3,6H2,1H3,(H,20,22,24). The summed E-state index contributed by atoms with van der Waals surface area (Å²) in [5.41, 5.74) is 2.16. The Morgan fingerprint density at radius 3 is 2.92 bits per heavy atom. The van der Waals surface area contributed by atoms with Crippen molar-refractivity contribution in [3.63, 3.8) is 0 Å². The van der Waals surface area contributed by atoms with Gasteiger partial charge in [-0.2, -0.15) is 5.10 Å². The first-order valence-electron chi connectivity index (χ1n) is 8.12. The summed E-state index contributed by atoms with van der Waals surface area (Å²) in [5, 5.41) is 12.4. The molecule has 3 aromatic rings. The zero-order valence-corrected chi connectivity index (χ0v) is 13.5. The number of aryl methyl sites for hydroxylation is 1. The minimum atomic E-state index is -0.107. The second-order valence-corrected chi connectivity index (χ2v) is 6.17. The smallest absolute Gasteiger partial charge is 0.242 e. The zero-order chi connectivity index (χ0) is 16.5. The molecule has 24 heavy (non-hydrogen) atoms. The molecule has 1 unspecified atom stereocenters. The van der Waals surface area contributed by atoms with Gasteiger partial charge in [0.1, 0.15) is 5.82 Å². The van der Waals surface area contributed by atoms with Crippen molar-refractivity contribution in [2.75, 3.05) is 11.9 Å². The average molecular weight is 321 g/mol. The van der Waals surface area contributed by atoms with Crippen molar-refractivity contribution in [1.82, 2.24) is 20.1 Å². The van der Waals surface area contributed by atoms with E-state index in [0.717, 1.165) is 41.3 Å². The largest absolute Gasteiger partial charge is 0.309 e. The lowest BCUT2D eigenvalue weighted by Gasteiger charge is -2.11. The van der Waals surface area contributed by atoms with Crippen LogP contribution in [0.25, 0.3) is 21.9 Å². The summed E-state index contributed by atoms with van der Waals surface area (Å²) in [6.07, 6.45) is 7.54. The van der Waals surface area contributed by atoms with E-state index in [-0.39, 0.29) is 11.9 Å². The molecule has 122 valence electrons. The first kappa shape index (κ1) is 14.8. The molecule has 1 aliphatic heterocycles. The number of carbonyl (C=O) groups excluding carboxylic acids is 1. The van der Waals surface area contributed by atoms with Gasteiger partial charge in [0.2, 0.25) is 5.91 Å². The van der Waals surface area contributed by atoms with E-state index in [1.54, 1.807) is 10.9 Å². The fraction of sp³-hybridized carbons (Fsp3) is 0.278. The van der Waals surface area contributed by atoms with E-state index in [9.17, 15) is 4.79 Å². The molecule has 1 atom stereocenters. The number of pyridine rings is 1. The number of benzene rings is 1. The molecular formula is C18H19N5O. The van der Waals surface area contributed by atoms with Crippen molar-refractivity contribution in [2.24, 2.45) is 7.05 Å². The highest BCUT2D eigenvalue weighted by molar-refractivity contribution is 5.96. The maximum Gasteiger partial charge on any atom is 0.242 e. The molecule has 0 bridgehead atoms. The number of aromatic nitrogens is 3. The molecule has 2 N–H and O–H groups in total. The quantitative estimate of drug-likeness (QED) is 0.776. The number of fused-ring (bicyclic) bond motifs is 1. The molecule has 0 saturated carbocycles. The number of anilines is 1. The summed E-state index contributed by atoms with van der Waals surface area (Å²) in [4.78, 5) is 16.6. The van der Waals surface area contributed by atoms with Crippen LogP contribution in [-0.2, 0) is 11.8 Å². The van der Waals surface area contributed by atoms with Crippen LogP contribution < -0.4 is 10.6 Å². The highest BCUT2D eigenvalue weighted by atomic mass is 16.2. The van der Waals surface area contributed by atoms with E-state index in [1.807, 2.05) is 31.6 Å². The summed E-state index contributed by atoms with van der Waals surface area (Å²) >= 11 is 0. The van der Waals surface area contributed by atoms with Crippen LogP contribution in [-0.4, -0.2) is 33.3 Å². The van der Waals surface area contributed by atoms with Crippen LogP contribution in [0.15, 0.2) is 42.9 Å². The fourth-order valence-corrected chi connectivity index (χ4v) is 3.08. The fourth-order valence-electron chi connectivity index (χ4n) is 3.08. The predicted octanol–water partition coefficient (Wildman–Crippen LogP) is 2.33. The Balaban J connectivity index is 1.62. The van der Waals surface area contributed by atoms with Crippen LogP contribution in [0.3, 0.4) is 0 Å². The monoisotopic (exact) mass is 321 g/mol. The van der Waals surface area contributed by atoms with E-state index in [1.165, 1.54) is 0 Å². The summed E-state index contributed by atoms with van der Waals surface area (Å²) in [6, 6.07) is 8.00. The van der Waals surface area contributed by atoms with Gasteiger partial charge in [0.15, 0.2) is 0 Å². The first-order valence-corrected chi connectivity index (χ1v) is 8.12. The minimum Gasteiger partial charge on any atom is -0.309 e. The van der Waals surface area contributed by atoms with Crippen molar-refractivity contribution in [3.05, 3.63) is 42.9 Å². The second kappa shape index (κ2) is 6.05. The van der Waals surface area contributed by atoms with E-state index in [2.05, 4.69) is 32.8 Å². The van der Waals surface area contributed by atoms with Gasteiger partial charge in [0.05, 0.1) is 12.2 Å². The van der Waals surface area contributed by atoms with Gasteiger partial charge in [0, 0.05) is 30.4 Å². The Kier molecular flexibility index (Phi) is 3.74. The van der Waals surface area contributed by atoms with Gasteiger partial charge in [-0.05, 0) is 42.5 Å². The number of carbonyl (C=O) groups is 1. The van der Waals surface area contributed by atoms with E-state index >= 15 is 0 Å². The summed E-state index contributed by atoms with van der Waals surface area (Å²) < 4.78 is 1.78. The Bertz CT molecular complexity index is 895. The van der Waals surface area contributed by atoms with Crippen molar-refractivity contribution in [1.29, 1.82) is 0 Å². The van der Waals surface area contributed by atoms with Crippen LogP contribution in [0.5, 0.6) is 0 Å². The lowest BCUT2D eigenvalue weighted by Crippen LogP contribution is -2.35. The first-order chi connectivity index (χ1) is 11.7. The molecule has 1 amide bonds. The highest BCUT2D eigenvalue weighted by Gasteiger charge is 2.22. The number of nitrogens with one attached hydrogen (secondary N) is 2. The number of amides is 1. The molecule has 2 aromatic heterocycles. The Labute approximate surface area is 139 Å². The molecule has 0 radical (unpaired) electrons. The molecule has 6 nitrogen and oxygen atoms in total. The van der Waals surface area contributed by atoms with Crippen LogP contribution in [0.2, 0.25) is 0 Å². The summed E-state index contributed by atoms with van der Waals surface area (Å²) in [7, 11) is 1.90. The number of hydrogen-bond donors (Lipinski definition) is 2. The topological polar surface area (TPSA) is 71.8 Å². The number of rotatable bonds is 3. The SMILES string of the molecule is Cn1cc(-c2ccc3cnc(NC(=O)C4CCCN4)cc3c2)cn1. The van der Waals surface area contributed by atoms with Crippen LogP contribution in [0.1, 0.15) is 12.8 Å². The van der Waals surface area contributed by atoms with Gasteiger partial charge in [-0.1, -0.05) is 12.1 Å². The molecule has 0 spiro atoms. The number of hydrogen-bond acceptors (Lipinski definition) is 4. The van der Waals surface area contributed by atoms with Crippen LogP contribution in [0.4, 0.5) is 5.82 Å². The van der Waals surface area contributed by atoms with E-state index < -0.39 is 0 Å². The summed E-state index contributed by atoms with van der Waals surface area (Å²) in [5.74, 6) is 0.576. The van der Waals surface area contributed by atoms with E-state index in [0.29, 0.717) is 5.82 Å². The number of nitrogens with zero attached hydrogens (tertiary/aromatic N) is 3. The third-order valence-electron chi connectivity index (χ3n) is 4.39. The molecule has 4 rings (SSSR count). The van der Waals surface area contributed by atoms with Crippen molar-refractivity contribution >= 4 is 22.5 Å². The van der Waals surface area contributed by atoms with Gasteiger partial charge >= 0.3 is 0 Å². The molecular weight excluding hydrogens is 302 g/mol. The molecule has 3 heterocycles. The predicted molar refractivity (Wildman–Crippen MR) is 93.6 cm³/mol.